The Balaban J connectivity index is 4.09. The highest BCUT2D eigenvalue weighted by atomic mass is 15.2. The van der Waals surface area contributed by atoms with Gasteiger partial charge in [-0.2, -0.15) is 0 Å². The summed E-state index contributed by atoms with van der Waals surface area (Å²) >= 11 is 0. The van der Waals surface area contributed by atoms with E-state index in [0.29, 0.717) is 5.92 Å². The van der Waals surface area contributed by atoms with E-state index < -0.39 is 0 Å². The first-order valence-corrected chi connectivity index (χ1v) is 3.89. The third-order valence-corrected chi connectivity index (χ3v) is 2.57. The summed E-state index contributed by atoms with van der Waals surface area (Å²) in [5.41, 5.74) is 5.88. The molecule has 0 heterocycles. The molecule has 0 aliphatic heterocycles. The third-order valence-electron chi connectivity index (χ3n) is 2.57. The van der Waals surface area contributed by atoms with Gasteiger partial charge in [-0.1, -0.05) is 20.3 Å². The summed E-state index contributed by atoms with van der Waals surface area (Å²) in [6.07, 6.45) is 1.13. The Bertz CT molecular complexity index is 97.4. The van der Waals surface area contributed by atoms with E-state index in [9.17, 15) is 0 Å². The van der Waals surface area contributed by atoms with Crippen molar-refractivity contribution in [2.45, 2.75) is 32.9 Å². The molecule has 0 saturated heterocycles. The van der Waals surface area contributed by atoms with E-state index in [4.69, 9.17) is 5.73 Å². The van der Waals surface area contributed by atoms with Gasteiger partial charge >= 0.3 is 0 Å². The first-order valence-electron chi connectivity index (χ1n) is 3.89. The van der Waals surface area contributed by atoms with E-state index in [2.05, 4.69) is 25.7 Å². The number of hydrogen-bond donors (Lipinski definition) is 1. The summed E-state index contributed by atoms with van der Waals surface area (Å²) in [4.78, 5) is 2.07. The lowest BCUT2D eigenvalue weighted by atomic mass is 9.93. The van der Waals surface area contributed by atoms with Crippen molar-refractivity contribution in [3.05, 3.63) is 0 Å². The second-order valence-electron chi connectivity index (χ2n) is 3.43. The van der Waals surface area contributed by atoms with Crippen molar-refractivity contribution < 1.29 is 0 Å². The van der Waals surface area contributed by atoms with Crippen LogP contribution in [-0.2, 0) is 0 Å². The zero-order valence-electron chi connectivity index (χ0n) is 7.81. The molecule has 0 amide bonds. The third kappa shape index (κ3) is 1.96. The molecule has 0 rings (SSSR count). The second-order valence-corrected chi connectivity index (χ2v) is 3.43. The molecule has 10 heavy (non-hydrogen) atoms. The predicted octanol–water partition coefficient (Wildman–Crippen LogP) is 1.27. The molecule has 62 valence electrons. The topological polar surface area (TPSA) is 29.3 Å². The van der Waals surface area contributed by atoms with Crippen molar-refractivity contribution in [2.24, 2.45) is 11.7 Å². The Morgan fingerprint density at radius 2 is 1.90 bits per heavy atom. The van der Waals surface area contributed by atoms with Gasteiger partial charge in [0.1, 0.15) is 0 Å². The van der Waals surface area contributed by atoms with Crippen LogP contribution in [0.15, 0.2) is 0 Å². The number of hydrogen-bond acceptors (Lipinski definition) is 2. The van der Waals surface area contributed by atoms with Crippen molar-refractivity contribution in [3.8, 4) is 0 Å². The smallest absolute Gasteiger partial charge is 0.0679 e. The summed E-state index contributed by atoms with van der Waals surface area (Å²) in [5, 5.41) is 0. The van der Waals surface area contributed by atoms with Crippen molar-refractivity contribution in [3.63, 3.8) is 0 Å². The Hall–Kier alpha value is -0.0800. The minimum atomic E-state index is -0.158. The molecule has 0 aromatic rings. The maximum Gasteiger partial charge on any atom is 0.0679 e. The van der Waals surface area contributed by atoms with Gasteiger partial charge in [0.25, 0.3) is 0 Å². The van der Waals surface area contributed by atoms with Crippen LogP contribution in [0.4, 0.5) is 0 Å². The van der Waals surface area contributed by atoms with Gasteiger partial charge in [-0.15, -0.1) is 0 Å². The average molecular weight is 144 g/mol. The lowest BCUT2D eigenvalue weighted by Gasteiger charge is -2.37. The second kappa shape index (κ2) is 3.35. The fraction of sp³-hybridized carbons (Fsp3) is 1.00. The standard InChI is InChI=1S/C8H20N2/c1-6-7(2)8(3,9)10(4)5/h7H,6,9H2,1-5H3. The molecule has 2 N–H and O–H groups in total. The Morgan fingerprint density at radius 1 is 1.50 bits per heavy atom. The molecule has 2 atom stereocenters. The summed E-state index contributed by atoms with van der Waals surface area (Å²) in [6, 6.07) is 0. The fourth-order valence-electron chi connectivity index (χ4n) is 0.854. The Kier molecular flexibility index (Phi) is 3.33. The molecule has 0 radical (unpaired) electrons. The molecule has 0 spiro atoms. The van der Waals surface area contributed by atoms with Crippen molar-refractivity contribution >= 4 is 0 Å². The van der Waals surface area contributed by atoms with Gasteiger partial charge in [0.2, 0.25) is 0 Å². The molecular formula is C8H20N2. The summed E-state index contributed by atoms with van der Waals surface area (Å²) in [7, 11) is 4.04. The molecule has 0 fully saturated rings. The zero-order chi connectivity index (χ0) is 8.36. The lowest BCUT2D eigenvalue weighted by molar-refractivity contribution is 0.110. The van der Waals surface area contributed by atoms with Crippen LogP contribution in [0, 0.1) is 5.92 Å². The van der Waals surface area contributed by atoms with Crippen molar-refractivity contribution in [1.29, 1.82) is 0 Å². The molecule has 0 aromatic heterocycles. The van der Waals surface area contributed by atoms with Gasteiger partial charge in [-0.3, -0.25) is 4.90 Å². The fourth-order valence-corrected chi connectivity index (χ4v) is 0.854. The molecular weight excluding hydrogens is 124 g/mol. The van der Waals surface area contributed by atoms with E-state index >= 15 is 0 Å². The highest BCUT2D eigenvalue weighted by Gasteiger charge is 2.26. The van der Waals surface area contributed by atoms with Gasteiger partial charge in [0, 0.05) is 0 Å². The quantitative estimate of drug-likeness (QED) is 0.604. The van der Waals surface area contributed by atoms with E-state index in [0.717, 1.165) is 6.42 Å². The molecule has 0 aliphatic carbocycles. The SMILES string of the molecule is CCC(C)C(C)(N)N(C)C. The van der Waals surface area contributed by atoms with E-state index in [1.165, 1.54) is 0 Å². The maximum atomic E-state index is 6.04. The monoisotopic (exact) mass is 144 g/mol. The van der Waals surface area contributed by atoms with Crippen molar-refractivity contribution in [2.75, 3.05) is 14.1 Å². The number of nitrogens with two attached hydrogens (primary N) is 1. The molecule has 0 bridgehead atoms. The molecule has 0 aromatic carbocycles. The van der Waals surface area contributed by atoms with Gasteiger partial charge in [-0.05, 0) is 26.9 Å². The molecule has 2 unspecified atom stereocenters. The molecule has 0 aliphatic rings. The van der Waals surface area contributed by atoms with Gasteiger partial charge in [0.15, 0.2) is 0 Å². The minimum absolute atomic E-state index is 0.158. The first-order chi connectivity index (χ1) is 4.42. The van der Waals surface area contributed by atoms with Gasteiger partial charge in [-0.25, -0.2) is 0 Å². The average Bonchev–Trinajstić information content (AvgIpc) is 1.86. The molecule has 2 heteroatoms. The lowest BCUT2D eigenvalue weighted by Crippen LogP contribution is -2.54. The zero-order valence-corrected chi connectivity index (χ0v) is 7.81. The van der Waals surface area contributed by atoms with Crippen LogP contribution in [0.2, 0.25) is 0 Å². The maximum absolute atomic E-state index is 6.04. The number of rotatable bonds is 3. The minimum Gasteiger partial charge on any atom is -0.313 e. The Morgan fingerprint density at radius 3 is 2.00 bits per heavy atom. The van der Waals surface area contributed by atoms with Gasteiger partial charge in [0.05, 0.1) is 5.66 Å². The first kappa shape index (κ1) is 9.92. The molecule has 0 saturated carbocycles. The van der Waals surface area contributed by atoms with Crippen LogP contribution in [0.5, 0.6) is 0 Å². The summed E-state index contributed by atoms with van der Waals surface area (Å²) in [6.45, 7) is 6.42. The van der Waals surface area contributed by atoms with Crippen LogP contribution in [0.3, 0.4) is 0 Å². The Labute approximate surface area is 64.4 Å². The van der Waals surface area contributed by atoms with Crippen LogP contribution >= 0.6 is 0 Å². The van der Waals surface area contributed by atoms with Crippen LogP contribution < -0.4 is 5.73 Å². The van der Waals surface area contributed by atoms with Crippen LogP contribution in [-0.4, -0.2) is 24.7 Å². The van der Waals surface area contributed by atoms with Gasteiger partial charge < -0.3 is 5.73 Å². The van der Waals surface area contributed by atoms with Crippen LogP contribution in [0.1, 0.15) is 27.2 Å². The summed E-state index contributed by atoms with van der Waals surface area (Å²) < 4.78 is 0. The highest BCUT2D eigenvalue weighted by Crippen LogP contribution is 2.18. The summed E-state index contributed by atoms with van der Waals surface area (Å²) in [5.74, 6) is 0.544. The normalized spacial score (nSPS) is 20.7. The predicted molar refractivity (Wildman–Crippen MR) is 45.7 cm³/mol. The van der Waals surface area contributed by atoms with Crippen LogP contribution in [0.25, 0.3) is 0 Å². The number of nitrogens with zero attached hydrogens (tertiary/aromatic N) is 1. The van der Waals surface area contributed by atoms with E-state index in [1.807, 2.05) is 14.1 Å². The highest BCUT2D eigenvalue weighted by molar-refractivity contribution is 4.80. The van der Waals surface area contributed by atoms with E-state index in [-0.39, 0.29) is 5.66 Å². The van der Waals surface area contributed by atoms with E-state index in [1.54, 1.807) is 0 Å². The molecule has 2 nitrogen and oxygen atoms in total. The van der Waals surface area contributed by atoms with Crippen molar-refractivity contribution in [1.82, 2.24) is 4.90 Å². The largest absolute Gasteiger partial charge is 0.313 e.